The first-order chi connectivity index (χ1) is 9.31. The Morgan fingerprint density at radius 3 is 2.74 bits per heavy atom. The molecule has 6 heteroatoms. The number of anilines is 2. The first-order valence-electron chi connectivity index (χ1n) is 7.02. The van der Waals surface area contributed by atoms with Crippen LogP contribution in [0.5, 0.6) is 0 Å². The topological polar surface area (TPSA) is 85.1 Å². The van der Waals surface area contributed by atoms with Crippen LogP contribution in [0.4, 0.5) is 11.6 Å². The molecule has 1 fully saturated rings. The Morgan fingerprint density at radius 2 is 2.05 bits per heavy atom. The minimum absolute atomic E-state index is 0.458. The van der Waals surface area contributed by atoms with Crippen LogP contribution >= 0.6 is 0 Å². The van der Waals surface area contributed by atoms with E-state index in [1.807, 2.05) is 6.92 Å². The van der Waals surface area contributed by atoms with Gasteiger partial charge in [0.25, 0.3) is 0 Å². The Labute approximate surface area is 114 Å². The van der Waals surface area contributed by atoms with Crippen molar-refractivity contribution < 1.29 is 4.74 Å². The Hall–Kier alpha value is -1.40. The summed E-state index contributed by atoms with van der Waals surface area (Å²) in [6.07, 6.45) is 6.25. The van der Waals surface area contributed by atoms with Gasteiger partial charge in [-0.05, 0) is 12.8 Å². The summed E-state index contributed by atoms with van der Waals surface area (Å²) < 4.78 is 5.79. The summed E-state index contributed by atoms with van der Waals surface area (Å²) in [7, 11) is 0. The fourth-order valence-corrected chi connectivity index (χ4v) is 2.28. The molecule has 4 N–H and O–H groups in total. The average molecular weight is 265 g/mol. The summed E-state index contributed by atoms with van der Waals surface area (Å²) in [5.74, 6) is 7.58. The fourth-order valence-electron chi connectivity index (χ4n) is 2.28. The fraction of sp³-hybridized carbons (Fsp3) is 0.692. The van der Waals surface area contributed by atoms with E-state index in [4.69, 9.17) is 10.6 Å². The van der Waals surface area contributed by atoms with E-state index in [9.17, 15) is 0 Å². The van der Waals surface area contributed by atoms with Gasteiger partial charge in [-0.1, -0.05) is 19.8 Å². The third-order valence-electron chi connectivity index (χ3n) is 3.30. The summed E-state index contributed by atoms with van der Waals surface area (Å²) in [4.78, 5) is 8.64. The van der Waals surface area contributed by atoms with Crippen LogP contribution in [0.1, 0.15) is 38.4 Å². The lowest BCUT2D eigenvalue weighted by Crippen LogP contribution is -2.17. The van der Waals surface area contributed by atoms with Crippen molar-refractivity contribution in [1.29, 1.82) is 0 Å². The van der Waals surface area contributed by atoms with E-state index in [1.54, 1.807) is 6.07 Å². The van der Waals surface area contributed by atoms with Gasteiger partial charge in [0.1, 0.15) is 17.5 Å². The standard InChI is InChI=1S/C13H23N5O/c1-2-11-16-12(9-13(17-11)18-14)15-7-8-19-10-5-3-4-6-10/h9-10H,2-8,14H2,1H3,(H2,15,16,17,18). The molecule has 1 aliphatic rings. The van der Waals surface area contributed by atoms with Crippen molar-refractivity contribution in [2.75, 3.05) is 23.9 Å². The summed E-state index contributed by atoms with van der Waals surface area (Å²) in [6.45, 7) is 3.48. The van der Waals surface area contributed by atoms with Crippen molar-refractivity contribution in [3.8, 4) is 0 Å². The number of nitrogens with two attached hydrogens (primary N) is 1. The molecule has 0 unspecified atom stereocenters. The molecule has 2 rings (SSSR count). The quantitative estimate of drug-likeness (QED) is 0.395. The molecule has 19 heavy (non-hydrogen) atoms. The van der Waals surface area contributed by atoms with E-state index in [2.05, 4.69) is 20.7 Å². The van der Waals surface area contributed by atoms with Crippen LogP contribution in [-0.4, -0.2) is 29.2 Å². The highest BCUT2D eigenvalue weighted by atomic mass is 16.5. The lowest BCUT2D eigenvalue weighted by Gasteiger charge is -2.12. The van der Waals surface area contributed by atoms with Crippen molar-refractivity contribution >= 4 is 11.6 Å². The third kappa shape index (κ3) is 4.33. The lowest BCUT2D eigenvalue weighted by molar-refractivity contribution is 0.0658. The Kier molecular flexibility index (Phi) is 5.35. The van der Waals surface area contributed by atoms with Gasteiger partial charge < -0.3 is 15.5 Å². The summed E-state index contributed by atoms with van der Waals surface area (Å²) in [6, 6.07) is 1.80. The molecule has 6 nitrogen and oxygen atoms in total. The van der Waals surface area contributed by atoms with Gasteiger partial charge in [-0.25, -0.2) is 15.8 Å². The smallest absolute Gasteiger partial charge is 0.145 e. The minimum atomic E-state index is 0.458. The normalized spacial score (nSPS) is 15.7. The molecule has 0 aliphatic heterocycles. The molecule has 0 atom stereocenters. The average Bonchev–Trinajstić information content (AvgIpc) is 2.96. The van der Waals surface area contributed by atoms with Crippen LogP contribution in [0.25, 0.3) is 0 Å². The molecule has 0 aromatic carbocycles. The van der Waals surface area contributed by atoms with E-state index in [0.29, 0.717) is 18.5 Å². The van der Waals surface area contributed by atoms with Crippen LogP contribution in [0.2, 0.25) is 0 Å². The predicted molar refractivity (Wildman–Crippen MR) is 75.9 cm³/mol. The van der Waals surface area contributed by atoms with Crippen molar-refractivity contribution in [3.05, 3.63) is 11.9 Å². The number of aromatic nitrogens is 2. The highest BCUT2D eigenvalue weighted by molar-refractivity contribution is 5.46. The van der Waals surface area contributed by atoms with Crippen molar-refractivity contribution in [3.63, 3.8) is 0 Å². The SMILES string of the molecule is CCc1nc(NN)cc(NCCOC2CCCC2)n1. The van der Waals surface area contributed by atoms with Gasteiger partial charge in [0.2, 0.25) is 0 Å². The maximum Gasteiger partial charge on any atom is 0.145 e. The van der Waals surface area contributed by atoms with Crippen molar-refractivity contribution in [1.82, 2.24) is 9.97 Å². The number of hydrogen-bond donors (Lipinski definition) is 3. The zero-order valence-corrected chi connectivity index (χ0v) is 11.5. The number of ether oxygens (including phenoxy) is 1. The van der Waals surface area contributed by atoms with E-state index >= 15 is 0 Å². The number of nitrogens with zero attached hydrogens (tertiary/aromatic N) is 2. The maximum absolute atomic E-state index is 5.79. The predicted octanol–water partition coefficient (Wildman–Crippen LogP) is 1.70. The van der Waals surface area contributed by atoms with Crippen LogP contribution in [0, 0.1) is 0 Å². The Balaban J connectivity index is 1.77. The minimum Gasteiger partial charge on any atom is -0.376 e. The second-order valence-electron chi connectivity index (χ2n) is 4.76. The number of aryl methyl sites for hydroxylation is 1. The van der Waals surface area contributed by atoms with Gasteiger partial charge >= 0.3 is 0 Å². The summed E-state index contributed by atoms with van der Waals surface area (Å²) in [5, 5.41) is 3.25. The molecule has 0 radical (unpaired) electrons. The van der Waals surface area contributed by atoms with Crippen molar-refractivity contribution in [2.24, 2.45) is 5.84 Å². The van der Waals surface area contributed by atoms with Gasteiger partial charge in [-0.2, -0.15) is 0 Å². The number of hydrogen-bond acceptors (Lipinski definition) is 6. The molecule has 1 aromatic heterocycles. The van der Waals surface area contributed by atoms with E-state index < -0.39 is 0 Å². The highest BCUT2D eigenvalue weighted by Crippen LogP contribution is 2.20. The highest BCUT2D eigenvalue weighted by Gasteiger charge is 2.14. The van der Waals surface area contributed by atoms with Gasteiger partial charge in [-0.15, -0.1) is 0 Å². The molecule has 0 spiro atoms. The first kappa shape index (κ1) is 14.0. The number of nitrogens with one attached hydrogen (secondary N) is 2. The number of rotatable bonds is 7. The van der Waals surface area contributed by atoms with Crippen molar-refractivity contribution in [2.45, 2.75) is 45.1 Å². The lowest BCUT2D eigenvalue weighted by atomic mass is 10.3. The van der Waals surface area contributed by atoms with Gasteiger partial charge in [-0.3, -0.25) is 0 Å². The van der Waals surface area contributed by atoms with Gasteiger partial charge in [0, 0.05) is 19.0 Å². The monoisotopic (exact) mass is 265 g/mol. The van der Waals surface area contributed by atoms with Gasteiger partial charge in [0.15, 0.2) is 0 Å². The second-order valence-corrected chi connectivity index (χ2v) is 4.76. The van der Waals surface area contributed by atoms with Crippen LogP contribution in [0.3, 0.4) is 0 Å². The molecule has 1 aliphatic carbocycles. The Morgan fingerprint density at radius 1 is 1.32 bits per heavy atom. The van der Waals surface area contributed by atoms with E-state index in [-0.39, 0.29) is 0 Å². The van der Waals surface area contributed by atoms with Crippen LogP contribution in [-0.2, 0) is 11.2 Å². The third-order valence-corrected chi connectivity index (χ3v) is 3.30. The van der Waals surface area contributed by atoms with E-state index in [0.717, 1.165) is 24.6 Å². The van der Waals surface area contributed by atoms with Crippen LogP contribution in [0.15, 0.2) is 6.07 Å². The zero-order chi connectivity index (χ0) is 13.5. The van der Waals surface area contributed by atoms with Gasteiger partial charge in [0.05, 0.1) is 12.7 Å². The molecule has 1 heterocycles. The first-order valence-corrected chi connectivity index (χ1v) is 7.02. The zero-order valence-electron chi connectivity index (χ0n) is 11.5. The largest absolute Gasteiger partial charge is 0.376 e. The molecule has 0 saturated heterocycles. The summed E-state index contributed by atoms with van der Waals surface area (Å²) in [5.41, 5.74) is 2.55. The molecule has 1 aromatic rings. The molecule has 0 amide bonds. The number of hydrazine groups is 1. The number of nitrogen functional groups attached to an aromatic ring is 1. The summed E-state index contributed by atoms with van der Waals surface area (Å²) >= 11 is 0. The molecule has 106 valence electrons. The maximum atomic E-state index is 5.79. The molecule has 0 bridgehead atoms. The van der Waals surface area contributed by atoms with E-state index in [1.165, 1.54) is 25.7 Å². The molecular weight excluding hydrogens is 242 g/mol. The Bertz CT molecular complexity index is 370. The molecule has 1 saturated carbocycles. The second kappa shape index (κ2) is 7.25. The molecular formula is C13H23N5O. The van der Waals surface area contributed by atoms with Crippen LogP contribution < -0.4 is 16.6 Å².